The molecule has 0 fully saturated rings. The Bertz CT molecular complexity index is 508. The van der Waals surface area contributed by atoms with Crippen molar-refractivity contribution < 1.29 is 4.39 Å². The van der Waals surface area contributed by atoms with Crippen LogP contribution in [0.4, 0.5) is 4.39 Å². The molecule has 2 rings (SSSR count). The average molecular weight is 222 g/mol. The Morgan fingerprint density at radius 2 is 2.27 bits per heavy atom. The van der Waals surface area contributed by atoms with Gasteiger partial charge in [0.25, 0.3) is 0 Å². The standard InChI is InChI=1S/C12H9ClFN/c13-5-1-3-9-7-10-4-2-6-15-12(10)8-11(9)14/h1-4,6-8H,5H2. The quantitative estimate of drug-likeness (QED) is 0.706. The van der Waals surface area contributed by atoms with Crippen molar-refractivity contribution in [3.63, 3.8) is 0 Å². The Hall–Kier alpha value is -1.41. The number of benzene rings is 1. The van der Waals surface area contributed by atoms with Crippen molar-refractivity contribution in [2.24, 2.45) is 0 Å². The Morgan fingerprint density at radius 3 is 3.07 bits per heavy atom. The average Bonchev–Trinajstić information content (AvgIpc) is 2.26. The Kier molecular flexibility index (Phi) is 2.97. The molecule has 0 radical (unpaired) electrons. The summed E-state index contributed by atoms with van der Waals surface area (Å²) in [6.07, 6.45) is 5.03. The van der Waals surface area contributed by atoms with Gasteiger partial charge in [-0.15, -0.1) is 11.6 Å². The molecule has 1 aromatic heterocycles. The largest absolute Gasteiger partial charge is 0.256 e. The van der Waals surface area contributed by atoms with Crippen LogP contribution in [0, 0.1) is 5.82 Å². The summed E-state index contributed by atoms with van der Waals surface area (Å²) in [6.45, 7) is 0. The summed E-state index contributed by atoms with van der Waals surface area (Å²) in [6, 6.07) is 6.93. The summed E-state index contributed by atoms with van der Waals surface area (Å²) >= 11 is 5.50. The van der Waals surface area contributed by atoms with Crippen LogP contribution in [0.15, 0.2) is 36.5 Å². The van der Waals surface area contributed by atoms with Crippen LogP contribution < -0.4 is 0 Å². The van der Waals surface area contributed by atoms with Gasteiger partial charge in [-0.25, -0.2) is 4.39 Å². The number of alkyl halides is 1. The van der Waals surface area contributed by atoms with Crippen molar-refractivity contribution >= 4 is 28.6 Å². The Balaban J connectivity index is 2.57. The molecule has 3 heteroatoms. The van der Waals surface area contributed by atoms with Crippen LogP contribution in [0.2, 0.25) is 0 Å². The number of aromatic nitrogens is 1. The fourth-order valence-electron chi connectivity index (χ4n) is 1.41. The van der Waals surface area contributed by atoms with Crippen LogP contribution in [0.5, 0.6) is 0 Å². The molecule has 0 saturated carbocycles. The number of rotatable bonds is 2. The number of allylic oxidation sites excluding steroid dienone is 1. The van der Waals surface area contributed by atoms with Gasteiger partial charge in [-0.3, -0.25) is 4.98 Å². The van der Waals surface area contributed by atoms with Crippen LogP contribution in [-0.2, 0) is 0 Å². The first-order chi connectivity index (χ1) is 7.31. The smallest absolute Gasteiger partial charge is 0.132 e. The molecule has 0 aliphatic carbocycles. The van der Waals surface area contributed by atoms with Gasteiger partial charge in [0.15, 0.2) is 0 Å². The van der Waals surface area contributed by atoms with Gasteiger partial charge in [-0.1, -0.05) is 18.2 Å². The topological polar surface area (TPSA) is 12.9 Å². The van der Waals surface area contributed by atoms with E-state index in [1.54, 1.807) is 24.4 Å². The molecule has 0 spiro atoms. The molecule has 0 aliphatic rings. The summed E-state index contributed by atoms with van der Waals surface area (Å²) in [5, 5.41) is 0.924. The van der Waals surface area contributed by atoms with Crippen molar-refractivity contribution in [3.05, 3.63) is 47.9 Å². The highest BCUT2D eigenvalue weighted by atomic mass is 35.5. The molecule has 76 valence electrons. The predicted octanol–water partition coefficient (Wildman–Crippen LogP) is 3.63. The maximum atomic E-state index is 13.5. The maximum Gasteiger partial charge on any atom is 0.132 e. The lowest BCUT2D eigenvalue weighted by Crippen LogP contribution is -1.85. The molecule has 1 nitrogen and oxygen atoms in total. The molecule has 1 aromatic carbocycles. The lowest BCUT2D eigenvalue weighted by atomic mass is 10.1. The first-order valence-corrected chi connectivity index (χ1v) is 5.11. The minimum absolute atomic E-state index is 0.275. The fraction of sp³-hybridized carbons (Fsp3) is 0.0833. The summed E-state index contributed by atoms with van der Waals surface area (Å²) in [5.74, 6) is 0.104. The number of halogens is 2. The summed E-state index contributed by atoms with van der Waals surface area (Å²) in [4.78, 5) is 4.07. The van der Waals surface area contributed by atoms with E-state index in [-0.39, 0.29) is 5.82 Å². The molecular weight excluding hydrogens is 213 g/mol. The second-order valence-electron chi connectivity index (χ2n) is 3.13. The van der Waals surface area contributed by atoms with Crippen molar-refractivity contribution in [1.29, 1.82) is 0 Å². The van der Waals surface area contributed by atoms with Crippen molar-refractivity contribution in [2.45, 2.75) is 0 Å². The van der Waals surface area contributed by atoms with E-state index < -0.39 is 0 Å². The zero-order valence-corrected chi connectivity index (χ0v) is 8.71. The third-order valence-electron chi connectivity index (χ3n) is 2.11. The molecular formula is C12H9ClFN. The molecule has 0 aliphatic heterocycles. The molecule has 0 saturated heterocycles. The van der Waals surface area contributed by atoms with E-state index in [2.05, 4.69) is 4.98 Å². The summed E-state index contributed by atoms with van der Waals surface area (Å²) in [7, 11) is 0. The zero-order valence-electron chi connectivity index (χ0n) is 7.95. The van der Waals surface area contributed by atoms with Crippen LogP contribution in [0.25, 0.3) is 17.0 Å². The summed E-state index contributed by atoms with van der Waals surface area (Å²) < 4.78 is 13.5. The van der Waals surface area contributed by atoms with Crippen LogP contribution >= 0.6 is 11.6 Å². The van der Waals surface area contributed by atoms with Crippen LogP contribution in [0.1, 0.15) is 5.56 Å². The zero-order chi connectivity index (χ0) is 10.7. The summed E-state index contributed by atoms with van der Waals surface area (Å²) in [5.41, 5.74) is 1.20. The van der Waals surface area contributed by atoms with Gasteiger partial charge >= 0.3 is 0 Å². The van der Waals surface area contributed by atoms with E-state index in [0.29, 0.717) is 17.0 Å². The highest BCUT2D eigenvalue weighted by Crippen LogP contribution is 2.18. The molecule has 0 bridgehead atoms. The normalized spacial score (nSPS) is 11.3. The van der Waals surface area contributed by atoms with E-state index in [4.69, 9.17) is 11.6 Å². The van der Waals surface area contributed by atoms with Crippen molar-refractivity contribution in [1.82, 2.24) is 4.98 Å². The lowest BCUT2D eigenvalue weighted by Gasteiger charge is -2.00. The van der Waals surface area contributed by atoms with Gasteiger partial charge in [0.05, 0.1) is 5.52 Å². The molecule has 2 aromatic rings. The fourth-order valence-corrected chi connectivity index (χ4v) is 1.50. The van der Waals surface area contributed by atoms with Crippen molar-refractivity contribution in [3.8, 4) is 0 Å². The molecule has 0 N–H and O–H groups in total. The van der Waals surface area contributed by atoms with E-state index >= 15 is 0 Å². The minimum atomic E-state index is -0.275. The highest BCUT2D eigenvalue weighted by Gasteiger charge is 2.01. The molecule has 0 amide bonds. The van der Waals surface area contributed by atoms with E-state index in [1.807, 2.05) is 12.1 Å². The third kappa shape index (κ3) is 2.16. The van der Waals surface area contributed by atoms with Gasteiger partial charge in [-0.05, 0) is 12.1 Å². The SMILES string of the molecule is Fc1cc2ncccc2cc1C=CCCl. The van der Waals surface area contributed by atoms with E-state index in [1.165, 1.54) is 6.07 Å². The minimum Gasteiger partial charge on any atom is -0.256 e. The number of hydrogen-bond donors (Lipinski definition) is 0. The van der Waals surface area contributed by atoms with E-state index in [9.17, 15) is 4.39 Å². The first kappa shape index (κ1) is 10.1. The second kappa shape index (κ2) is 4.41. The maximum absolute atomic E-state index is 13.5. The van der Waals surface area contributed by atoms with E-state index in [0.717, 1.165) is 5.39 Å². The first-order valence-electron chi connectivity index (χ1n) is 4.58. The Morgan fingerprint density at radius 1 is 1.40 bits per heavy atom. The molecule has 15 heavy (non-hydrogen) atoms. The number of nitrogens with zero attached hydrogens (tertiary/aromatic N) is 1. The highest BCUT2D eigenvalue weighted by molar-refractivity contribution is 6.19. The number of pyridine rings is 1. The number of fused-ring (bicyclic) bond motifs is 1. The van der Waals surface area contributed by atoms with Gasteiger partial charge in [0, 0.05) is 29.1 Å². The second-order valence-corrected chi connectivity index (χ2v) is 3.44. The Labute approximate surface area is 92.2 Å². The third-order valence-corrected chi connectivity index (χ3v) is 2.29. The molecule has 0 atom stereocenters. The lowest BCUT2D eigenvalue weighted by molar-refractivity contribution is 0.626. The van der Waals surface area contributed by atoms with Gasteiger partial charge in [-0.2, -0.15) is 0 Å². The van der Waals surface area contributed by atoms with Gasteiger partial charge < -0.3 is 0 Å². The van der Waals surface area contributed by atoms with Gasteiger partial charge in [0.1, 0.15) is 5.82 Å². The predicted molar refractivity (Wildman–Crippen MR) is 61.5 cm³/mol. The van der Waals surface area contributed by atoms with Gasteiger partial charge in [0.2, 0.25) is 0 Å². The monoisotopic (exact) mass is 221 g/mol. The van der Waals surface area contributed by atoms with Crippen LogP contribution in [0.3, 0.4) is 0 Å². The molecule has 0 unspecified atom stereocenters. The van der Waals surface area contributed by atoms with Crippen molar-refractivity contribution in [2.75, 3.05) is 5.88 Å². The van der Waals surface area contributed by atoms with Crippen LogP contribution in [-0.4, -0.2) is 10.9 Å². The number of hydrogen-bond acceptors (Lipinski definition) is 1. The molecule has 1 heterocycles.